The van der Waals surface area contributed by atoms with E-state index in [4.69, 9.17) is 5.26 Å². The molecule has 0 aliphatic carbocycles. The van der Waals surface area contributed by atoms with E-state index in [-0.39, 0.29) is 5.41 Å². The Morgan fingerprint density at radius 1 is 1.08 bits per heavy atom. The van der Waals surface area contributed by atoms with E-state index in [2.05, 4.69) is 75.2 Å². The monoisotopic (exact) mass is 318 g/mol. The van der Waals surface area contributed by atoms with Gasteiger partial charge in [-0.15, -0.1) is 0 Å². The van der Waals surface area contributed by atoms with Crippen molar-refractivity contribution in [1.29, 1.82) is 5.26 Å². The Labute approximate surface area is 146 Å². The van der Waals surface area contributed by atoms with Crippen molar-refractivity contribution in [2.24, 2.45) is 0 Å². The summed E-state index contributed by atoms with van der Waals surface area (Å²) < 4.78 is 0. The van der Waals surface area contributed by atoms with Gasteiger partial charge >= 0.3 is 0 Å². The van der Waals surface area contributed by atoms with Crippen LogP contribution in [-0.2, 0) is 12.0 Å². The highest BCUT2D eigenvalue weighted by atomic mass is 15.1. The highest BCUT2D eigenvalue weighted by Gasteiger charge is 2.12. The van der Waals surface area contributed by atoms with Gasteiger partial charge in [-0.3, -0.25) is 4.90 Å². The molecule has 0 bridgehead atoms. The molecular formula is C22H26N2. The third-order valence-electron chi connectivity index (χ3n) is 4.02. The number of nitrogens with zero attached hydrogens (tertiary/aromatic N) is 2. The summed E-state index contributed by atoms with van der Waals surface area (Å²) in [5, 5.41) is 8.93. The summed E-state index contributed by atoms with van der Waals surface area (Å²) >= 11 is 0. The summed E-state index contributed by atoms with van der Waals surface area (Å²) in [6.07, 6.45) is 4.21. The highest BCUT2D eigenvalue weighted by molar-refractivity contribution is 5.52. The van der Waals surface area contributed by atoms with E-state index in [9.17, 15) is 0 Å². The van der Waals surface area contributed by atoms with E-state index in [0.717, 1.165) is 18.7 Å². The predicted octanol–water partition coefficient (Wildman–Crippen LogP) is 5.00. The Morgan fingerprint density at radius 3 is 2.42 bits per heavy atom. The Kier molecular flexibility index (Phi) is 5.95. The number of likely N-dealkylation sites (N-methyl/N-ethyl adjacent to an activating group) is 1. The second-order valence-corrected chi connectivity index (χ2v) is 7.28. The van der Waals surface area contributed by atoms with Crippen LogP contribution in [0.5, 0.6) is 0 Å². The van der Waals surface area contributed by atoms with Crippen molar-refractivity contribution in [3.63, 3.8) is 0 Å². The molecule has 0 radical (unpaired) electrons. The molecule has 2 nitrogen and oxygen atoms in total. The van der Waals surface area contributed by atoms with Gasteiger partial charge in [0.25, 0.3) is 0 Å². The summed E-state index contributed by atoms with van der Waals surface area (Å²) in [7, 11) is 2.12. The van der Waals surface area contributed by atoms with E-state index >= 15 is 0 Å². The van der Waals surface area contributed by atoms with Gasteiger partial charge in [0.05, 0.1) is 11.6 Å². The Hall–Kier alpha value is -2.37. The first kappa shape index (κ1) is 18.0. The molecule has 0 saturated carbocycles. The van der Waals surface area contributed by atoms with Crippen molar-refractivity contribution < 1.29 is 0 Å². The van der Waals surface area contributed by atoms with Crippen molar-refractivity contribution in [1.82, 2.24) is 4.90 Å². The van der Waals surface area contributed by atoms with Crippen molar-refractivity contribution in [3.05, 3.63) is 76.9 Å². The number of benzene rings is 2. The first-order valence-corrected chi connectivity index (χ1v) is 8.33. The van der Waals surface area contributed by atoms with Gasteiger partial charge in [0.2, 0.25) is 0 Å². The second-order valence-electron chi connectivity index (χ2n) is 7.28. The molecule has 0 aromatic heterocycles. The molecule has 0 heterocycles. The predicted molar refractivity (Wildman–Crippen MR) is 102 cm³/mol. The molecule has 0 fully saturated rings. The van der Waals surface area contributed by atoms with E-state index in [0.29, 0.717) is 5.56 Å². The molecule has 0 atom stereocenters. The summed E-state index contributed by atoms with van der Waals surface area (Å²) in [5.74, 6) is 0. The van der Waals surface area contributed by atoms with Crippen molar-refractivity contribution in [2.75, 3.05) is 13.6 Å². The van der Waals surface area contributed by atoms with Gasteiger partial charge < -0.3 is 0 Å². The van der Waals surface area contributed by atoms with E-state index in [1.54, 1.807) is 0 Å². The lowest BCUT2D eigenvalue weighted by Gasteiger charge is -2.20. The third-order valence-corrected chi connectivity index (χ3v) is 4.02. The molecular weight excluding hydrogens is 292 g/mol. The number of hydrogen-bond donors (Lipinski definition) is 0. The maximum absolute atomic E-state index is 8.93. The van der Waals surface area contributed by atoms with E-state index in [1.165, 1.54) is 11.1 Å². The molecule has 24 heavy (non-hydrogen) atoms. The van der Waals surface area contributed by atoms with Crippen LogP contribution in [0, 0.1) is 11.3 Å². The summed E-state index contributed by atoms with van der Waals surface area (Å²) in [5.41, 5.74) is 4.66. The fourth-order valence-corrected chi connectivity index (χ4v) is 2.57. The molecule has 0 saturated heterocycles. The van der Waals surface area contributed by atoms with Crippen LogP contribution in [0.15, 0.2) is 54.6 Å². The zero-order chi connectivity index (χ0) is 17.6. The van der Waals surface area contributed by atoms with Crippen LogP contribution < -0.4 is 0 Å². The van der Waals surface area contributed by atoms with Crippen molar-refractivity contribution in [3.8, 4) is 6.07 Å². The minimum absolute atomic E-state index is 0.200. The quantitative estimate of drug-likeness (QED) is 0.775. The minimum atomic E-state index is 0.200. The molecule has 2 aromatic carbocycles. The van der Waals surface area contributed by atoms with Gasteiger partial charge in [0.15, 0.2) is 0 Å². The Bertz CT molecular complexity index is 728. The maximum Gasteiger partial charge on any atom is 0.0991 e. The topological polar surface area (TPSA) is 27.0 Å². The average Bonchev–Trinajstić information content (AvgIpc) is 2.54. The zero-order valence-electron chi connectivity index (χ0n) is 15.1. The number of hydrogen-bond acceptors (Lipinski definition) is 2. The van der Waals surface area contributed by atoms with Crippen molar-refractivity contribution in [2.45, 2.75) is 32.7 Å². The van der Waals surface area contributed by atoms with E-state index < -0.39 is 0 Å². The second kappa shape index (κ2) is 7.95. The molecule has 2 heteroatoms. The van der Waals surface area contributed by atoms with Gasteiger partial charge in [-0.2, -0.15) is 5.26 Å². The van der Waals surface area contributed by atoms with E-state index in [1.807, 2.05) is 24.3 Å². The SMILES string of the molecule is CN(CC=Cc1cccc(C#N)c1)Cc1ccc(C(C)(C)C)cc1. The smallest absolute Gasteiger partial charge is 0.0991 e. The highest BCUT2D eigenvalue weighted by Crippen LogP contribution is 2.22. The largest absolute Gasteiger partial charge is 0.298 e. The molecule has 0 unspecified atom stereocenters. The lowest BCUT2D eigenvalue weighted by atomic mass is 9.87. The van der Waals surface area contributed by atoms with Gasteiger partial charge in [0.1, 0.15) is 0 Å². The fourth-order valence-electron chi connectivity index (χ4n) is 2.57. The van der Waals surface area contributed by atoms with Gasteiger partial charge in [-0.05, 0) is 41.3 Å². The lowest BCUT2D eigenvalue weighted by Crippen LogP contribution is -2.18. The van der Waals surface area contributed by atoms with Crippen LogP contribution in [0.3, 0.4) is 0 Å². The summed E-state index contributed by atoms with van der Waals surface area (Å²) in [6.45, 7) is 8.51. The van der Waals surface area contributed by atoms with Gasteiger partial charge in [-0.25, -0.2) is 0 Å². The van der Waals surface area contributed by atoms with Gasteiger partial charge in [0, 0.05) is 13.1 Å². The first-order chi connectivity index (χ1) is 11.4. The normalized spacial score (nSPS) is 11.8. The van der Waals surface area contributed by atoms with Crippen LogP contribution in [0.4, 0.5) is 0 Å². The van der Waals surface area contributed by atoms with Crippen molar-refractivity contribution >= 4 is 6.08 Å². The number of nitriles is 1. The molecule has 0 aliphatic rings. The molecule has 0 aliphatic heterocycles. The first-order valence-electron chi connectivity index (χ1n) is 8.33. The average molecular weight is 318 g/mol. The molecule has 2 aromatic rings. The molecule has 0 N–H and O–H groups in total. The van der Waals surface area contributed by atoms with Crippen LogP contribution in [0.1, 0.15) is 43.0 Å². The minimum Gasteiger partial charge on any atom is -0.298 e. The summed E-state index contributed by atoms with van der Waals surface area (Å²) in [4.78, 5) is 2.27. The molecule has 0 amide bonds. The maximum atomic E-state index is 8.93. The fraction of sp³-hybridized carbons (Fsp3) is 0.318. The van der Waals surface area contributed by atoms with Crippen LogP contribution >= 0.6 is 0 Å². The Morgan fingerprint density at radius 2 is 1.79 bits per heavy atom. The standard InChI is InChI=1S/C22H26N2/c1-22(2,3)21-12-10-19(11-13-21)17-24(4)14-6-9-18-7-5-8-20(15-18)16-23/h5-13,15H,14,17H2,1-4H3. The summed E-state index contributed by atoms with van der Waals surface area (Å²) in [6, 6.07) is 18.7. The number of rotatable bonds is 5. The zero-order valence-corrected chi connectivity index (χ0v) is 15.1. The molecule has 124 valence electrons. The third kappa shape index (κ3) is 5.37. The molecule has 2 rings (SSSR count). The van der Waals surface area contributed by atoms with Crippen LogP contribution in [0.25, 0.3) is 6.08 Å². The van der Waals surface area contributed by atoms with Crippen LogP contribution in [0.2, 0.25) is 0 Å². The lowest BCUT2D eigenvalue weighted by molar-refractivity contribution is 0.364. The molecule has 0 spiro atoms. The Balaban J connectivity index is 1.90. The van der Waals surface area contributed by atoms with Crippen LogP contribution in [-0.4, -0.2) is 18.5 Å². The van der Waals surface area contributed by atoms with Gasteiger partial charge in [-0.1, -0.05) is 69.3 Å².